The van der Waals surface area contributed by atoms with Gasteiger partial charge in [-0.3, -0.25) is 14.2 Å². The molecule has 0 aromatic carbocycles. The fraction of sp³-hybridized carbons (Fsp3) is 0.471. The van der Waals surface area contributed by atoms with Crippen molar-refractivity contribution in [2.24, 2.45) is 0 Å². The standard InChI is InChI=1S/C17H18N4O4S/c1-10-19-13(25-20-10)8-24-14(22)6-7-21-9-18-16-15(17(21)23)11-4-2-3-5-12(11)26-16/h9H,2-8H2,1H3. The fourth-order valence-corrected chi connectivity index (χ4v) is 4.38. The van der Waals surface area contributed by atoms with E-state index in [1.54, 1.807) is 18.3 Å². The van der Waals surface area contributed by atoms with Crippen molar-refractivity contribution in [2.45, 2.75) is 52.2 Å². The van der Waals surface area contributed by atoms with E-state index >= 15 is 0 Å². The number of carbonyl (C=O) groups is 1. The quantitative estimate of drug-likeness (QED) is 0.631. The van der Waals surface area contributed by atoms with E-state index in [2.05, 4.69) is 15.1 Å². The van der Waals surface area contributed by atoms with Crippen molar-refractivity contribution in [1.29, 1.82) is 0 Å². The highest BCUT2D eigenvalue weighted by Gasteiger charge is 2.20. The number of nitrogens with zero attached hydrogens (tertiary/aromatic N) is 4. The van der Waals surface area contributed by atoms with Gasteiger partial charge in [-0.1, -0.05) is 5.16 Å². The molecule has 9 heteroatoms. The summed E-state index contributed by atoms with van der Waals surface area (Å²) in [5.41, 5.74) is 1.08. The Kier molecular flexibility index (Phi) is 4.54. The first-order valence-electron chi connectivity index (χ1n) is 8.56. The minimum absolute atomic E-state index is 0.0656. The van der Waals surface area contributed by atoms with Crippen molar-refractivity contribution < 1.29 is 14.1 Å². The highest BCUT2D eigenvalue weighted by atomic mass is 32.1. The van der Waals surface area contributed by atoms with Crippen LogP contribution < -0.4 is 5.56 Å². The molecular weight excluding hydrogens is 356 g/mol. The van der Waals surface area contributed by atoms with Crippen LogP contribution in [0.5, 0.6) is 0 Å². The first-order chi connectivity index (χ1) is 12.6. The van der Waals surface area contributed by atoms with E-state index in [1.807, 2.05) is 0 Å². The third kappa shape index (κ3) is 3.26. The largest absolute Gasteiger partial charge is 0.456 e. The lowest BCUT2D eigenvalue weighted by atomic mass is 9.97. The molecule has 0 radical (unpaired) electrons. The van der Waals surface area contributed by atoms with Gasteiger partial charge in [0.1, 0.15) is 4.83 Å². The van der Waals surface area contributed by atoms with Gasteiger partial charge in [-0.2, -0.15) is 4.98 Å². The van der Waals surface area contributed by atoms with Crippen LogP contribution in [0.2, 0.25) is 0 Å². The molecule has 1 aliphatic rings. The highest BCUT2D eigenvalue weighted by molar-refractivity contribution is 7.18. The van der Waals surface area contributed by atoms with E-state index < -0.39 is 5.97 Å². The molecule has 0 saturated carbocycles. The minimum atomic E-state index is -0.430. The summed E-state index contributed by atoms with van der Waals surface area (Å²) in [6, 6.07) is 0. The Morgan fingerprint density at radius 1 is 1.38 bits per heavy atom. The Morgan fingerprint density at radius 3 is 3.04 bits per heavy atom. The molecule has 3 aromatic heterocycles. The second kappa shape index (κ2) is 6.99. The van der Waals surface area contributed by atoms with Gasteiger partial charge in [-0.05, 0) is 38.2 Å². The number of aromatic nitrogens is 4. The maximum absolute atomic E-state index is 12.8. The summed E-state index contributed by atoms with van der Waals surface area (Å²) in [5, 5.41) is 4.35. The number of thiophene rings is 1. The van der Waals surface area contributed by atoms with Gasteiger partial charge >= 0.3 is 5.97 Å². The molecule has 0 fully saturated rings. The zero-order chi connectivity index (χ0) is 18.1. The molecule has 0 bridgehead atoms. The number of aryl methyl sites for hydroxylation is 4. The molecule has 3 heterocycles. The molecular formula is C17H18N4O4S. The van der Waals surface area contributed by atoms with Crippen molar-refractivity contribution in [1.82, 2.24) is 19.7 Å². The minimum Gasteiger partial charge on any atom is -0.456 e. The van der Waals surface area contributed by atoms with Crippen LogP contribution in [0, 0.1) is 6.92 Å². The molecule has 136 valence electrons. The average molecular weight is 374 g/mol. The van der Waals surface area contributed by atoms with Crippen LogP contribution in [-0.2, 0) is 35.5 Å². The maximum atomic E-state index is 12.8. The summed E-state index contributed by atoms with van der Waals surface area (Å²) in [6.45, 7) is 1.85. The van der Waals surface area contributed by atoms with Crippen LogP contribution >= 0.6 is 11.3 Å². The van der Waals surface area contributed by atoms with Crippen LogP contribution in [-0.4, -0.2) is 25.7 Å². The number of hydrogen-bond donors (Lipinski definition) is 0. The Hall–Kier alpha value is -2.55. The third-order valence-electron chi connectivity index (χ3n) is 4.42. The molecule has 26 heavy (non-hydrogen) atoms. The van der Waals surface area contributed by atoms with Gasteiger partial charge in [0.15, 0.2) is 12.4 Å². The predicted octanol–water partition coefficient (Wildman–Crippen LogP) is 2.16. The van der Waals surface area contributed by atoms with Crippen LogP contribution in [0.1, 0.15) is 41.4 Å². The zero-order valence-electron chi connectivity index (χ0n) is 14.4. The van der Waals surface area contributed by atoms with Gasteiger partial charge in [-0.15, -0.1) is 11.3 Å². The lowest BCUT2D eigenvalue weighted by molar-refractivity contribution is -0.146. The molecule has 4 rings (SSSR count). The van der Waals surface area contributed by atoms with E-state index in [0.29, 0.717) is 5.82 Å². The van der Waals surface area contributed by atoms with E-state index in [-0.39, 0.29) is 31.0 Å². The number of carbonyl (C=O) groups excluding carboxylic acids is 1. The molecule has 3 aromatic rings. The first kappa shape index (κ1) is 16.9. The summed E-state index contributed by atoms with van der Waals surface area (Å²) >= 11 is 1.62. The summed E-state index contributed by atoms with van der Waals surface area (Å²) in [7, 11) is 0. The Balaban J connectivity index is 1.44. The lowest BCUT2D eigenvalue weighted by Crippen LogP contribution is -2.23. The second-order valence-corrected chi connectivity index (χ2v) is 7.36. The highest BCUT2D eigenvalue weighted by Crippen LogP contribution is 2.33. The van der Waals surface area contributed by atoms with E-state index in [1.165, 1.54) is 22.2 Å². The lowest BCUT2D eigenvalue weighted by Gasteiger charge is -2.10. The van der Waals surface area contributed by atoms with Gasteiger partial charge in [0, 0.05) is 11.4 Å². The summed E-state index contributed by atoms with van der Waals surface area (Å²) in [5.74, 6) is 0.308. The second-order valence-electron chi connectivity index (χ2n) is 6.28. The average Bonchev–Trinajstić information content (AvgIpc) is 3.22. The van der Waals surface area contributed by atoms with E-state index in [0.717, 1.165) is 35.0 Å². The molecule has 8 nitrogen and oxygen atoms in total. The summed E-state index contributed by atoms with van der Waals surface area (Å²) in [4.78, 5) is 35.2. The van der Waals surface area contributed by atoms with E-state index in [4.69, 9.17) is 9.26 Å². The molecule has 0 atom stereocenters. The molecule has 0 unspecified atom stereocenters. The molecule has 1 aliphatic carbocycles. The van der Waals surface area contributed by atoms with Crippen LogP contribution in [0.3, 0.4) is 0 Å². The fourth-order valence-electron chi connectivity index (χ4n) is 3.17. The molecule has 0 aliphatic heterocycles. The van der Waals surface area contributed by atoms with Crippen LogP contribution in [0.4, 0.5) is 0 Å². The van der Waals surface area contributed by atoms with Gasteiger partial charge in [0.05, 0.1) is 18.1 Å². The van der Waals surface area contributed by atoms with Crippen molar-refractivity contribution in [3.63, 3.8) is 0 Å². The maximum Gasteiger partial charge on any atom is 0.308 e. The van der Waals surface area contributed by atoms with Crippen molar-refractivity contribution in [3.8, 4) is 0 Å². The number of esters is 1. The third-order valence-corrected chi connectivity index (χ3v) is 5.62. The topological polar surface area (TPSA) is 100 Å². The number of hydrogen-bond acceptors (Lipinski definition) is 8. The Labute approximate surface area is 152 Å². The van der Waals surface area contributed by atoms with Crippen molar-refractivity contribution in [3.05, 3.63) is 38.8 Å². The number of ether oxygens (including phenoxy) is 1. The predicted molar refractivity (Wildman–Crippen MR) is 94.0 cm³/mol. The van der Waals surface area contributed by atoms with Gasteiger partial charge in [0.25, 0.3) is 11.4 Å². The number of fused-ring (bicyclic) bond motifs is 3. The van der Waals surface area contributed by atoms with Crippen molar-refractivity contribution in [2.75, 3.05) is 0 Å². The zero-order valence-corrected chi connectivity index (χ0v) is 15.2. The Morgan fingerprint density at radius 2 is 2.23 bits per heavy atom. The monoisotopic (exact) mass is 374 g/mol. The number of rotatable bonds is 5. The molecule has 0 saturated heterocycles. The van der Waals surface area contributed by atoms with Crippen LogP contribution in [0.25, 0.3) is 10.2 Å². The first-order valence-corrected chi connectivity index (χ1v) is 9.38. The smallest absolute Gasteiger partial charge is 0.308 e. The van der Waals surface area contributed by atoms with Gasteiger partial charge < -0.3 is 9.26 Å². The van der Waals surface area contributed by atoms with Crippen molar-refractivity contribution >= 4 is 27.5 Å². The van der Waals surface area contributed by atoms with E-state index in [9.17, 15) is 9.59 Å². The molecule has 0 amide bonds. The molecule has 0 N–H and O–H groups in total. The van der Waals surface area contributed by atoms with Crippen LogP contribution in [0.15, 0.2) is 15.6 Å². The Bertz CT molecular complexity index is 1020. The summed E-state index contributed by atoms with van der Waals surface area (Å²) < 4.78 is 11.5. The van der Waals surface area contributed by atoms with Gasteiger partial charge in [-0.25, -0.2) is 4.98 Å². The van der Waals surface area contributed by atoms with Gasteiger partial charge in [0.2, 0.25) is 0 Å². The SMILES string of the molecule is Cc1noc(COC(=O)CCn2cnc3sc4c(c3c2=O)CCCC4)n1. The summed E-state index contributed by atoms with van der Waals surface area (Å²) in [6.07, 6.45) is 5.82. The normalized spacial score (nSPS) is 13.7. The molecule has 0 spiro atoms.